The van der Waals surface area contributed by atoms with E-state index in [1.54, 1.807) is 0 Å². The van der Waals surface area contributed by atoms with E-state index in [4.69, 9.17) is 0 Å². The van der Waals surface area contributed by atoms with Crippen LogP contribution < -0.4 is 14.7 Å². The minimum atomic E-state index is 1.06. The molecule has 0 aliphatic carbocycles. The van der Waals surface area contributed by atoms with Crippen molar-refractivity contribution in [3.63, 3.8) is 0 Å². The fraction of sp³-hybridized carbons (Fsp3) is 0. The maximum Gasteiger partial charge on any atom is 0.0548 e. The van der Waals surface area contributed by atoms with Crippen LogP contribution in [0.1, 0.15) is 0 Å². The van der Waals surface area contributed by atoms with Gasteiger partial charge in [-0.05, 0) is 132 Å². The predicted octanol–water partition coefficient (Wildman–Crippen LogP) is 18.5. The molecule has 0 fully saturated rings. The number of aromatic nitrogens is 1. The first-order chi connectivity index (χ1) is 34.8. The van der Waals surface area contributed by atoms with Gasteiger partial charge in [0.15, 0.2) is 0 Å². The van der Waals surface area contributed by atoms with Gasteiger partial charge < -0.3 is 19.3 Å². The van der Waals surface area contributed by atoms with Crippen LogP contribution in [-0.2, 0) is 0 Å². The number of fused-ring (bicyclic) bond motifs is 3. The van der Waals surface area contributed by atoms with Gasteiger partial charge in [0, 0.05) is 67.4 Å². The Morgan fingerprint density at radius 3 is 0.871 bits per heavy atom. The van der Waals surface area contributed by atoms with Gasteiger partial charge >= 0.3 is 0 Å². The summed E-state index contributed by atoms with van der Waals surface area (Å²) >= 11 is 0. The molecule has 12 rings (SSSR count). The van der Waals surface area contributed by atoms with Crippen molar-refractivity contribution in [3.05, 3.63) is 291 Å². The molecule has 0 atom stereocenters. The van der Waals surface area contributed by atoms with Gasteiger partial charge in [-0.1, -0.05) is 170 Å². The summed E-state index contributed by atoms with van der Waals surface area (Å²) in [5.74, 6) is 0. The van der Waals surface area contributed by atoms with E-state index in [1.165, 1.54) is 10.8 Å². The summed E-state index contributed by atoms with van der Waals surface area (Å²) in [5, 5.41) is 2.43. The van der Waals surface area contributed by atoms with Crippen molar-refractivity contribution in [3.8, 4) is 27.9 Å². The zero-order valence-electron chi connectivity index (χ0n) is 38.5. The fourth-order valence-corrected chi connectivity index (χ4v) is 9.96. The van der Waals surface area contributed by atoms with Gasteiger partial charge in [-0.15, -0.1) is 0 Å². The number of hydrogen-bond acceptors (Lipinski definition) is 3. The molecule has 0 aliphatic rings. The summed E-state index contributed by atoms with van der Waals surface area (Å²) in [6, 6.07) is 105. The number of nitrogens with zero attached hydrogens (tertiary/aromatic N) is 4. The first-order valence-electron chi connectivity index (χ1n) is 23.8. The normalized spacial score (nSPS) is 11.1. The lowest BCUT2D eigenvalue weighted by atomic mass is 9.94. The van der Waals surface area contributed by atoms with Crippen molar-refractivity contribution in [2.24, 2.45) is 0 Å². The molecule has 4 heteroatoms. The molecular weight excluding hydrogens is 849 g/mol. The Morgan fingerprint density at radius 2 is 0.514 bits per heavy atom. The molecule has 0 radical (unpaired) electrons. The highest BCUT2D eigenvalue weighted by molar-refractivity contribution is 6.10. The number of anilines is 9. The van der Waals surface area contributed by atoms with Crippen molar-refractivity contribution >= 4 is 73.0 Å². The smallest absolute Gasteiger partial charge is 0.0548 e. The van der Waals surface area contributed by atoms with E-state index in [-0.39, 0.29) is 0 Å². The first-order valence-corrected chi connectivity index (χ1v) is 23.8. The molecule has 0 unspecified atom stereocenters. The third-order valence-electron chi connectivity index (χ3n) is 13.1. The van der Waals surface area contributed by atoms with Crippen LogP contribution in [0.3, 0.4) is 0 Å². The fourth-order valence-electron chi connectivity index (χ4n) is 9.96. The van der Waals surface area contributed by atoms with E-state index in [0.717, 1.165) is 90.2 Å². The van der Waals surface area contributed by atoms with Crippen LogP contribution in [0.25, 0.3) is 49.7 Å². The molecule has 0 N–H and O–H groups in total. The molecule has 1 aromatic heterocycles. The number of hydrogen-bond donors (Lipinski definition) is 0. The average molecular weight is 897 g/mol. The standard InChI is InChI=1S/C66H48N4/c1-7-23-51(24-8-1)67(52-25-9-2-10-26-52)57-43-39-49(40-44-57)61-48-66(70-63-37-21-19-35-59(63)60-36-20-22-38-64(60)70)62(47-65(61)69(55-31-15-5-16-32-55)56-33-17-6-18-34-56)50-41-45-58(46-42-50)68(53-27-11-3-12-28-53)54-29-13-4-14-30-54/h1-48H. The van der Waals surface area contributed by atoms with Crippen molar-refractivity contribution in [2.45, 2.75) is 0 Å². The van der Waals surface area contributed by atoms with Crippen LogP contribution in [0.5, 0.6) is 0 Å². The lowest BCUT2D eigenvalue weighted by molar-refractivity contribution is 1.17. The van der Waals surface area contributed by atoms with Crippen molar-refractivity contribution in [2.75, 3.05) is 14.7 Å². The van der Waals surface area contributed by atoms with E-state index in [1.807, 2.05) is 0 Å². The van der Waals surface area contributed by atoms with Gasteiger partial charge in [0.25, 0.3) is 0 Å². The summed E-state index contributed by atoms with van der Waals surface area (Å²) in [6.45, 7) is 0. The third kappa shape index (κ3) is 7.93. The van der Waals surface area contributed by atoms with E-state index in [2.05, 4.69) is 310 Å². The van der Waals surface area contributed by atoms with Gasteiger partial charge in [0.2, 0.25) is 0 Å². The minimum Gasteiger partial charge on any atom is -0.311 e. The van der Waals surface area contributed by atoms with Gasteiger partial charge in [-0.3, -0.25) is 0 Å². The molecular formula is C66H48N4. The molecule has 11 aromatic carbocycles. The van der Waals surface area contributed by atoms with Crippen LogP contribution in [0, 0.1) is 0 Å². The highest BCUT2D eigenvalue weighted by atomic mass is 15.2. The molecule has 0 saturated heterocycles. The molecule has 4 nitrogen and oxygen atoms in total. The van der Waals surface area contributed by atoms with E-state index in [9.17, 15) is 0 Å². The second kappa shape index (κ2) is 18.7. The molecule has 0 amide bonds. The molecule has 70 heavy (non-hydrogen) atoms. The van der Waals surface area contributed by atoms with Crippen LogP contribution in [0.4, 0.5) is 51.2 Å². The molecule has 0 spiro atoms. The van der Waals surface area contributed by atoms with E-state index >= 15 is 0 Å². The molecule has 0 aliphatic heterocycles. The summed E-state index contributed by atoms with van der Waals surface area (Å²) in [4.78, 5) is 7.04. The van der Waals surface area contributed by atoms with Gasteiger partial charge in [0.1, 0.15) is 0 Å². The molecule has 0 bridgehead atoms. The van der Waals surface area contributed by atoms with Crippen LogP contribution in [-0.4, -0.2) is 4.57 Å². The second-order valence-electron chi connectivity index (χ2n) is 17.4. The van der Waals surface area contributed by atoms with Crippen molar-refractivity contribution in [1.29, 1.82) is 0 Å². The predicted molar refractivity (Wildman–Crippen MR) is 296 cm³/mol. The van der Waals surface area contributed by atoms with Gasteiger partial charge in [0.05, 0.1) is 22.4 Å². The Bertz CT molecular complexity index is 3500. The Kier molecular flexibility index (Phi) is 11.2. The first kappa shape index (κ1) is 42.0. The third-order valence-corrected chi connectivity index (χ3v) is 13.1. The van der Waals surface area contributed by atoms with Crippen molar-refractivity contribution in [1.82, 2.24) is 4.57 Å². The summed E-state index contributed by atoms with van der Waals surface area (Å²) in [6.07, 6.45) is 0. The maximum atomic E-state index is 2.47. The number of benzene rings is 11. The molecule has 332 valence electrons. The molecule has 1 heterocycles. The summed E-state index contributed by atoms with van der Waals surface area (Å²) in [7, 11) is 0. The topological polar surface area (TPSA) is 14.7 Å². The zero-order chi connectivity index (χ0) is 46.6. The van der Waals surface area contributed by atoms with Crippen molar-refractivity contribution < 1.29 is 0 Å². The second-order valence-corrected chi connectivity index (χ2v) is 17.4. The highest BCUT2D eigenvalue weighted by Crippen LogP contribution is 2.48. The Hall–Kier alpha value is -9.38. The highest BCUT2D eigenvalue weighted by Gasteiger charge is 2.24. The van der Waals surface area contributed by atoms with Crippen LogP contribution >= 0.6 is 0 Å². The quantitative estimate of drug-likeness (QED) is 0.121. The zero-order valence-corrected chi connectivity index (χ0v) is 38.5. The lowest BCUT2D eigenvalue weighted by Crippen LogP contribution is -2.12. The lowest BCUT2D eigenvalue weighted by Gasteiger charge is -2.30. The number of para-hydroxylation sites is 8. The summed E-state index contributed by atoms with van der Waals surface area (Å²) in [5.41, 5.74) is 17.5. The van der Waals surface area contributed by atoms with Crippen LogP contribution in [0.2, 0.25) is 0 Å². The monoisotopic (exact) mass is 896 g/mol. The van der Waals surface area contributed by atoms with E-state index in [0.29, 0.717) is 0 Å². The van der Waals surface area contributed by atoms with Crippen LogP contribution in [0.15, 0.2) is 291 Å². The largest absolute Gasteiger partial charge is 0.311 e. The van der Waals surface area contributed by atoms with E-state index < -0.39 is 0 Å². The molecule has 12 aromatic rings. The summed E-state index contributed by atoms with van der Waals surface area (Å²) < 4.78 is 2.47. The average Bonchev–Trinajstić information content (AvgIpc) is 3.77. The SMILES string of the molecule is c1ccc(N(c2ccccc2)c2ccc(-c3cc(-n4c5ccccc5c5ccccc54)c(-c4ccc(N(c5ccccc5)c5ccccc5)cc4)cc3N(c3ccccc3)c3ccccc3)cc2)cc1. The Labute approximate surface area is 409 Å². The Balaban J connectivity index is 1.12. The van der Waals surface area contributed by atoms with Gasteiger partial charge in [-0.2, -0.15) is 0 Å². The maximum absolute atomic E-state index is 2.47. The minimum absolute atomic E-state index is 1.06. The van der Waals surface area contributed by atoms with Gasteiger partial charge in [-0.25, -0.2) is 0 Å². The number of rotatable bonds is 12. The molecule has 0 saturated carbocycles. The Morgan fingerprint density at radius 1 is 0.229 bits per heavy atom.